The summed E-state index contributed by atoms with van der Waals surface area (Å²) in [4.78, 5) is 4.97. The van der Waals surface area contributed by atoms with Crippen LogP contribution in [0.5, 0.6) is 0 Å². The quantitative estimate of drug-likeness (QED) is 0.332. The first-order valence-electron chi connectivity index (χ1n) is 9.49. The van der Waals surface area contributed by atoms with Gasteiger partial charge in [-0.1, -0.05) is 97.1 Å². The van der Waals surface area contributed by atoms with E-state index >= 15 is 0 Å². The summed E-state index contributed by atoms with van der Waals surface area (Å²) in [6.07, 6.45) is 0. The molecule has 5 aromatic rings. The van der Waals surface area contributed by atoms with Gasteiger partial charge in [0.05, 0.1) is 11.2 Å². The van der Waals surface area contributed by atoms with Gasteiger partial charge in [-0.2, -0.15) is 0 Å². The number of benzene rings is 4. The van der Waals surface area contributed by atoms with Gasteiger partial charge in [-0.05, 0) is 40.5 Å². The Bertz CT molecular complexity index is 1240. The molecule has 0 saturated heterocycles. The fourth-order valence-corrected chi connectivity index (χ4v) is 3.67. The lowest BCUT2D eigenvalue weighted by molar-refractivity contribution is 1.40. The summed E-state index contributed by atoms with van der Waals surface area (Å²) in [6.45, 7) is 0. The normalized spacial score (nSPS) is 10.9. The minimum absolute atomic E-state index is 0.996. The zero-order valence-corrected chi connectivity index (χ0v) is 15.4. The lowest BCUT2D eigenvalue weighted by Gasteiger charge is -2.11. The predicted octanol–water partition coefficient (Wildman–Crippen LogP) is 7.24. The Morgan fingerprint density at radius 1 is 0.429 bits per heavy atom. The molecule has 1 heterocycles. The third-order valence-corrected chi connectivity index (χ3v) is 5.07. The summed E-state index contributed by atoms with van der Waals surface area (Å²) in [5, 5.41) is 1.18. The first-order chi connectivity index (χ1) is 13.9. The number of hydrogen-bond donors (Lipinski definition) is 0. The smallest absolute Gasteiger partial charge is 0.0716 e. The van der Waals surface area contributed by atoms with Crippen LogP contribution in [-0.2, 0) is 0 Å². The molecular formula is C27H19N. The number of aromatic nitrogens is 1. The molecule has 5 rings (SSSR count). The Kier molecular flexibility index (Phi) is 4.19. The summed E-state index contributed by atoms with van der Waals surface area (Å²) < 4.78 is 0. The molecule has 0 aliphatic heterocycles. The molecule has 0 amide bonds. The van der Waals surface area contributed by atoms with Crippen LogP contribution in [0.15, 0.2) is 115 Å². The van der Waals surface area contributed by atoms with E-state index in [2.05, 4.69) is 103 Å². The predicted molar refractivity (Wildman–Crippen MR) is 118 cm³/mol. The van der Waals surface area contributed by atoms with Gasteiger partial charge in [0.2, 0.25) is 0 Å². The summed E-state index contributed by atoms with van der Waals surface area (Å²) in [7, 11) is 0. The van der Waals surface area contributed by atoms with Crippen molar-refractivity contribution in [2.45, 2.75) is 0 Å². The van der Waals surface area contributed by atoms with Gasteiger partial charge in [-0.25, -0.2) is 4.98 Å². The molecule has 0 bridgehead atoms. The van der Waals surface area contributed by atoms with Crippen LogP contribution < -0.4 is 0 Å². The number of pyridine rings is 1. The van der Waals surface area contributed by atoms with Crippen molar-refractivity contribution in [3.05, 3.63) is 115 Å². The molecule has 0 spiro atoms. The Labute approximate surface area is 165 Å². The molecule has 28 heavy (non-hydrogen) atoms. The number of para-hydroxylation sites is 1. The van der Waals surface area contributed by atoms with Crippen LogP contribution in [0, 0.1) is 0 Å². The van der Waals surface area contributed by atoms with Crippen LogP contribution in [0.4, 0.5) is 0 Å². The number of rotatable bonds is 3. The fraction of sp³-hybridized carbons (Fsp3) is 0. The standard InChI is InChI=1S/C27H19N/c1-3-10-20(11-4-1)22-14-9-15-23(18-22)27-19-25(21-12-5-2-6-13-21)24-16-7-8-17-26(24)28-27/h1-19H. The molecule has 0 unspecified atom stereocenters. The molecule has 4 aromatic carbocycles. The van der Waals surface area contributed by atoms with Crippen molar-refractivity contribution in [1.29, 1.82) is 0 Å². The first kappa shape index (κ1) is 16.5. The molecule has 0 radical (unpaired) electrons. The molecule has 0 aliphatic carbocycles. The second kappa shape index (κ2) is 7.13. The highest BCUT2D eigenvalue weighted by Crippen LogP contribution is 2.33. The monoisotopic (exact) mass is 357 g/mol. The van der Waals surface area contributed by atoms with Gasteiger partial charge in [-0.3, -0.25) is 0 Å². The number of hydrogen-bond acceptors (Lipinski definition) is 1. The summed E-state index contributed by atoms with van der Waals surface area (Å²) in [5.74, 6) is 0. The van der Waals surface area contributed by atoms with Crippen LogP contribution in [0.2, 0.25) is 0 Å². The van der Waals surface area contributed by atoms with E-state index in [1.165, 1.54) is 27.6 Å². The van der Waals surface area contributed by atoms with E-state index in [4.69, 9.17) is 4.98 Å². The molecule has 1 heteroatoms. The van der Waals surface area contributed by atoms with E-state index in [-0.39, 0.29) is 0 Å². The molecule has 1 aromatic heterocycles. The lowest BCUT2D eigenvalue weighted by Crippen LogP contribution is -1.90. The van der Waals surface area contributed by atoms with E-state index in [1.807, 2.05) is 12.1 Å². The summed E-state index contributed by atoms with van der Waals surface area (Å²) >= 11 is 0. The topological polar surface area (TPSA) is 12.9 Å². The van der Waals surface area contributed by atoms with Gasteiger partial charge in [0, 0.05) is 10.9 Å². The van der Waals surface area contributed by atoms with Crippen LogP contribution in [-0.4, -0.2) is 4.98 Å². The van der Waals surface area contributed by atoms with E-state index in [0.717, 1.165) is 16.8 Å². The van der Waals surface area contributed by atoms with Crippen molar-refractivity contribution >= 4 is 10.9 Å². The molecule has 132 valence electrons. The first-order valence-corrected chi connectivity index (χ1v) is 9.49. The van der Waals surface area contributed by atoms with Crippen LogP contribution in [0.25, 0.3) is 44.4 Å². The molecule has 0 atom stereocenters. The van der Waals surface area contributed by atoms with Crippen molar-refractivity contribution in [2.75, 3.05) is 0 Å². The maximum absolute atomic E-state index is 4.97. The van der Waals surface area contributed by atoms with Gasteiger partial charge in [0.15, 0.2) is 0 Å². The molecule has 1 nitrogen and oxygen atoms in total. The van der Waals surface area contributed by atoms with Gasteiger partial charge in [-0.15, -0.1) is 0 Å². The molecule has 0 saturated carbocycles. The minimum atomic E-state index is 0.996. The number of fused-ring (bicyclic) bond motifs is 1. The van der Waals surface area contributed by atoms with Crippen molar-refractivity contribution in [3.63, 3.8) is 0 Å². The zero-order valence-electron chi connectivity index (χ0n) is 15.4. The third-order valence-electron chi connectivity index (χ3n) is 5.07. The second-order valence-electron chi connectivity index (χ2n) is 6.89. The average Bonchev–Trinajstić information content (AvgIpc) is 2.79. The van der Waals surface area contributed by atoms with Crippen molar-refractivity contribution in [1.82, 2.24) is 4.98 Å². The molecule has 0 aliphatic rings. The van der Waals surface area contributed by atoms with Gasteiger partial charge >= 0.3 is 0 Å². The summed E-state index contributed by atoms with van der Waals surface area (Å²) in [6, 6.07) is 40.2. The summed E-state index contributed by atoms with van der Waals surface area (Å²) in [5.41, 5.74) is 7.99. The Hall–Kier alpha value is -3.71. The molecule has 0 fully saturated rings. The van der Waals surface area contributed by atoms with E-state index < -0.39 is 0 Å². The van der Waals surface area contributed by atoms with Crippen LogP contribution in [0.3, 0.4) is 0 Å². The van der Waals surface area contributed by atoms with Gasteiger partial charge < -0.3 is 0 Å². The highest BCUT2D eigenvalue weighted by atomic mass is 14.7. The van der Waals surface area contributed by atoms with Crippen LogP contribution >= 0.6 is 0 Å². The van der Waals surface area contributed by atoms with Gasteiger partial charge in [0.25, 0.3) is 0 Å². The minimum Gasteiger partial charge on any atom is -0.248 e. The van der Waals surface area contributed by atoms with Crippen molar-refractivity contribution in [3.8, 4) is 33.5 Å². The maximum Gasteiger partial charge on any atom is 0.0716 e. The van der Waals surface area contributed by atoms with Crippen molar-refractivity contribution < 1.29 is 0 Å². The molecular weight excluding hydrogens is 338 g/mol. The Balaban J connectivity index is 1.70. The fourth-order valence-electron chi connectivity index (χ4n) is 3.67. The third kappa shape index (κ3) is 3.08. The Morgan fingerprint density at radius 3 is 1.82 bits per heavy atom. The highest BCUT2D eigenvalue weighted by molar-refractivity contribution is 5.96. The highest BCUT2D eigenvalue weighted by Gasteiger charge is 2.10. The SMILES string of the molecule is c1ccc(-c2cccc(-c3cc(-c4ccccc4)c4ccccc4n3)c2)cc1. The van der Waals surface area contributed by atoms with Crippen molar-refractivity contribution in [2.24, 2.45) is 0 Å². The molecule has 0 N–H and O–H groups in total. The van der Waals surface area contributed by atoms with E-state index in [9.17, 15) is 0 Å². The Morgan fingerprint density at radius 2 is 1.04 bits per heavy atom. The van der Waals surface area contributed by atoms with Crippen LogP contribution in [0.1, 0.15) is 0 Å². The van der Waals surface area contributed by atoms with E-state index in [0.29, 0.717) is 0 Å². The van der Waals surface area contributed by atoms with E-state index in [1.54, 1.807) is 0 Å². The average molecular weight is 357 g/mol. The maximum atomic E-state index is 4.97. The largest absolute Gasteiger partial charge is 0.248 e. The number of nitrogens with zero attached hydrogens (tertiary/aromatic N) is 1. The lowest BCUT2D eigenvalue weighted by atomic mass is 9.97. The second-order valence-corrected chi connectivity index (χ2v) is 6.89. The zero-order chi connectivity index (χ0) is 18.8. The van der Waals surface area contributed by atoms with Gasteiger partial charge in [0.1, 0.15) is 0 Å².